The molecule has 0 aromatic heterocycles. The van der Waals surface area contributed by atoms with Crippen molar-refractivity contribution >= 4 is 5.97 Å². The normalized spacial score (nSPS) is 19.4. The van der Waals surface area contributed by atoms with E-state index in [9.17, 15) is 4.79 Å². The lowest BCUT2D eigenvalue weighted by atomic mass is 9.93. The van der Waals surface area contributed by atoms with Crippen molar-refractivity contribution in [1.29, 1.82) is 0 Å². The third kappa shape index (κ3) is 2.96. The molecule has 4 nitrogen and oxygen atoms in total. The van der Waals surface area contributed by atoms with Crippen LogP contribution in [0.15, 0.2) is 0 Å². The highest BCUT2D eigenvalue weighted by Crippen LogP contribution is 2.18. The first-order valence-electron chi connectivity index (χ1n) is 5.08. The van der Waals surface area contributed by atoms with Crippen LogP contribution in [0.4, 0.5) is 0 Å². The highest BCUT2D eigenvalue weighted by Gasteiger charge is 2.31. The van der Waals surface area contributed by atoms with E-state index in [4.69, 9.17) is 4.74 Å². The number of nitrogens with zero attached hydrogens (tertiary/aromatic N) is 1. The molecule has 0 atom stereocenters. The van der Waals surface area contributed by atoms with E-state index in [0.29, 0.717) is 0 Å². The summed E-state index contributed by atoms with van der Waals surface area (Å²) < 4.78 is 4.78. The van der Waals surface area contributed by atoms with Crippen LogP contribution in [0.5, 0.6) is 0 Å². The molecule has 1 heterocycles. The van der Waals surface area contributed by atoms with Gasteiger partial charge in [0, 0.05) is 32.7 Å². The molecule has 14 heavy (non-hydrogen) atoms. The number of carbonyl (C=O) groups is 1. The molecule has 0 aromatic rings. The van der Waals surface area contributed by atoms with Crippen molar-refractivity contribution < 1.29 is 9.53 Å². The maximum Gasteiger partial charge on any atom is 0.312 e. The maximum absolute atomic E-state index is 11.4. The largest absolute Gasteiger partial charge is 0.469 e. The highest BCUT2D eigenvalue weighted by atomic mass is 16.5. The van der Waals surface area contributed by atoms with Crippen LogP contribution >= 0.6 is 0 Å². The van der Waals surface area contributed by atoms with Crippen molar-refractivity contribution in [2.75, 3.05) is 39.8 Å². The van der Waals surface area contributed by atoms with Crippen molar-refractivity contribution in [1.82, 2.24) is 10.2 Å². The van der Waals surface area contributed by atoms with Gasteiger partial charge in [-0.1, -0.05) is 0 Å². The van der Waals surface area contributed by atoms with E-state index in [1.807, 2.05) is 13.8 Å². The highest BCUT2D eigenvalue weighted by molar-refractivity contribution is 5.76. The summed E-state index contributed by atoms with van der Waals surface area (Å²) in [7, 11) is 1.45. The third-order valence-electron chi connectivity index (χ3n) is 2.57. The van der Waals surface area contributed by atoms with Crippen molar-refractivity contribution in [3.63, 3.8) is 0 Å². The number of piperazine rings is 1. The predicted octanol–water partition coefficient (Wildman–Crippen LogP) is 0.0908. The second-order valence-corrected chi connectivity index (χ2v) is 4.40. The lowest BCUT2D eigenvalue weighted by Gasteiger charge is -2.33. The van der Waals surface area contributed by atoms with E-state index in [0.717, 1.165) is 32.7 Å². The zero-order chi connectivity index (χ0) is 10.6. The fourth-order valence-corrected chi connectivity index (χ4v) is 1.77. The van der Waals surface area contributed by atoms with Gasteiger partial charge < -0.3 is 10.1 Å². The Bertz CT molecular complexity index is 198. The van der Waals surface area contributed by atoms with Gasteiger partial charge >= 0.3 is 5.97 Å². The number of rotatable bonds is 3. The summed E-state index contributed by atoms with van der Waals surface area (Å²) in [6.07, 6.45) is 0. The van der Waals surface area contributed by atoms with E-state index < -0.39 is 5.41 Å². The Balaban J connectivity index is 2.44. The van der Waals surface area contributed by atoms with Gasteiger partial charge in [-0.3, -0.25) is 9.69 Å². The van der Waals surface area contributed by atoms with Crippen LogP contribution in [-0.2, 0) is 9.53 Å². The molecule has 1 aliphatic heterocycles. The molecule has 0 saturated carbocycles. The quantitative estimate of drug-likeness (QED) is 0.656. The molecule has 1 N–H and O–H groups in total. The molecule has 1 aliphatic rings. The molecule has 0 radical (unpaired) electrons. The van der Waals surface area contributed by atoms with Crippen LogP contribution in [0.1, 0.15) is 13.8 Å². The molecule has 0 aliphatic carbocycles. The summed E-state index contributed by atoms with van der Waals surface area (Å²) in [5.41, 5.74) is -0.397. The average Bonchev–Trinajstić information content (AvgIpc) is 2.17. The predicted molar refractivity (Wildman–Crippen MR) is 55.1 cm³/mol. The van der Waals surface area contributed by atoms with Crippen LogP contribution in [0.3, 0.4) is 0 Å². The monoisotopic (exact) mass is 200 g/mol. The molecule has 0 spiro atoms. The summed E-state index contributed by atoms with van der Waals surface area (Å²) in [6.45, 7) is 8.69. The van der Waals surface area contributed by atoms with Crippen LogP contribution in [0, 0.1) is 5.41 Å². The Morgan fingerprint density at radius 2 is 2.00 bits per heavy atom. The summed E-state index contributed by atoms with van der Waals surface area (Å²) in [6, 6.07) is 0. The molecule has 0 amide bonds. The van der Waals surface area contributed by atoms with Gasteiger partial charge in [-0.05, 0) is 13.8 Å². The number of nitrogens with one attached hydrogen (secondary N) is 1. The molecule has 0 unspecified atom stereocenters. The Labute approximate surface area is 85.6 Å². The second-order valence-electron chi connectivity index (χ2n) is 4.40. The maximum atomic E-state index is 11.4. The molecule has 4 heteroatoms. The van der Waals surface area contributed by atoms with Gasteiger partial charge in [0.2, 0.25) is 0 Å². The zero-order valence-electron chi connectivity index (χ0n) is 9.30. The fraction of sp³-hybridized carbons (Fsp3) is 0.900. The van der Waals surface area contributed by atoms with Crippen LogP contribution in [0.2, 0.25) is 0 Å². The van der Waals surface area contributed by atoms with Gasteiger partial charge in [-0.15, -0.1) is 0 Å². The zero-order valence-corrected chi connectivity index (χ0v) is 9.30. The van der Waals surface area contributed by atoms with Crippen LogP contribution in [-0.4, -0.2) is 50.7 Å². The van der Waals surface area contributed by atoms with Gasteiger partial charge in [0.25, 0.3) is 0 Å². The third-order valence-corrected chi connectivity index (χ3v) is 2.57. The first kappa shape index (κ1) is 11.5. The van der Waals surface area contributed by atoms with Crippen molar-refractivity contribution in [2.24, 2.45) is 5.41 Å². The van der Waals surface area contributed by atoms with E-state index in [2.05, 4.69) is 10.2 Å². The van der Waals surface area contributed by atoms with Gasteiger partial charge in [0.15, 0.2) is 0 Å². The smallest absolute Gasteiger partial charge is 0.312 e. The minimum Gasteiger partial charge on any atom is -0.469 e. The van der Waals surface area contributed by atoms with E-state index >= 15 is 0 Å². The molecule has 1 saturated heterocycles. The van der Waals surface area contributed by atoms with E-state index in [1.165, 1.54) is 7.11 Å². The first-order valence-corrected chi connectivity index (χ1v) is 5.08. The van der Waals surface area contributed by atoms with Gasteiger partial charge in [0.1, 0.15) is 0 Å². The van der Waals surface area contributed by atoms with Gasteiger partial charge in [-0.2, -0.15) is 0 Å². The lowest BCUT2D eigenvalue weighted by Crippen LogP contribution is -2.48. The lowest BCUT2D eigenvalue weighted by molar-refractivity contribution is -0.151. The Morgan fingerprint density at radius 3 is 2.50 bits per heavy atom. The van der Waals surface area contributed by atoms with E-state index in [1.54, 1.807) is 0 Å². The SMILES string of the molecule is COC(=O)C(C)(C)CN1CCNCC1. The van der Waals surface area contributed by atoms with Crippen LogP contribution in [0.25, 0.3) is 0 Å². The minimum atomic E-state index is -0.397. The Kier molecular flexibility index (Phi) is 3.89. The minimum absolute atomic E-state index is 0.129. The number of carbonyl (C=O) groups excluding carboxylic acids is 1. The van der Waals surface area contributed by atoms with Crippen LogP contribution < -0.4 is 5.32 Å². The summed E-state index contributed by atoms with van der Waals surface area (Å²) in [4.78, 5) is 13.7. The van der Waals surface area contributed by atoms with Gasteiger partial charge in [0.05, 0.1) is 12.5 Å². The molecule has 0 aromatic carbocycles. The summed E-state index contributed by atoms with van der Waals surface area (Å²) in [5, 5.41) is 3.29. The number of esters is 1. The molecular formula is C10H20N2O2. The molecule has 1 rings (SSSR count). The number of ether oxygens (including phenoxy) is 1. The fourth-order valence-electron chi connectivity index (χ4n) is 1.77. The molecule has 82 valence electrons. The summed E-state index contributed by atoms with van der Waals surface area (Å²) >= 11 is 0. The number of hydrogen-bond donors (Lipinski definition) is 1. The molecular weight excluding hydrogens is 180 g/mol. The molecule has 1 fully saturated rings. The second kappa shape index (κ2) is 4.75. The van der Waals surface area contributed by atoms with E-state index in [-0.39, 0.29) is 5.97 Å². The van der Waals surface area contributed by atoms with Crippen molar-refractivity contribution in [2.45, 2.75) is 13.8 Å². The Hall–Kier alpha value is -0.610. The average molecular weight is 200 g/mol. The Morgan fingerprint density at radius 1 is 1.43 bits per heavy atom. The van der Waals surface area contributed by atoms with Crippen molar-refractivity contribution in [3.05, 3.63) is 0 Å². The van der Waals surface area contributed by atoms with Gasteiger partial charge in [-0.25, -0.2) is 0 Å². The summed E-state index contributed by atoms with van der Waals surface area (Å²) in [5.74, 6) is -0.129. The number of hydrogen-bond acceptors (Lipinski definition) is 4. The standard InChI is InChI=1S/C10H20N2O2/c1-10(2,9(13)14-3)8-12-6-4-11-5-7-12/h11H,4-8H2,1-3H3. The first-order chi connectivity index (χ1) is 6.56. The molecule has 0 bridgehead atoms. The number of methoxy groups -OCH3 is 1. The van der Waals surface area contributed by atoms with Crippen molar-refractivity contribution in [3.8, 4) is 0 Å². The topological polar surface area (TPSA) is 41.6 Å².